The molecule has 12 heteroatoms. The molecule has 1 aliphatic rings. The van der Waals surface area contributed by atoms with Gasteiger partial charge in [-0.3, -0.25) is 4.79 Å². The molecule has 0 spiro atoms. The third-order valence-electron chi connectivity index (χ3n) is 4.58. The molecule has 2 aromatic heterocycles. The Labute approximate surface area is 176 Å². The van der Waals surface area contributed by atoms with Crippen LogP contribution in [0.15, 0.2) is 48.5 Å². The lowest BCUT2D eigenvalue weighted by Crippen LogP contribution is -2.16. The van der Waals surface area contributed by atoms with Crippen molar-refractivity contribution in [3.8, 4) is 22.8 Å². The molecule has 0 radical (unpaired) electrons. The third kappa shape index (κ3) is 3.55. The molecule has 0 bridgehead atoms. The van der Waals surface area contributed by atoms with Crippen LogP contribution in [0.25, 0.3) is 17.0 Å². The summed E-state index contributed by atoms with van der Waals surface area (Å²) in [6, 6.07) is 10.2. The number of halogens is 4. The maximum Gasteiger partial charge on any atom is 0.433 e. The lowest BCUT2D eigenvalue weighted by Gasteiger charge is -2.10. The van der Waals surface area contributed by atoms with Crippen molar-refractivity contribution >= 4 is 17.4 Å². The van der Waals surface area contributed by atoms with Gasteiger partial charge in [-0.05, 0) is 42.5 Å². The summed E-state index contributed by atoms with van der Waals surface area (Å²) in [5, 5.41) is 6.19. The van der Waals surface area contributed by atoms with E-state index >= 15 is 0 Å². The number of carbonyl (C=O) groups is 1. The number of fused-ring (bicyclic) bond motifs is 2. The second kappa shape index (κ2) is 7.18. The molecule has 3 heterocycles. The van der Waals surface area contributed by atoms with Gasteiger partial charge >= 0.3 is 6.18 Å². The summed E-state index contributed by atoms with van der Waals surface area (Å²) in [6.45, 7) is 0.0446. The number of aromatic nitrogens is 4. The maximum atomic E-state index is 13.7. The molecule has 0 aliphatic carbocycles. The highest BCUT2D eigenvalue weighted by atomic mass is 19.4. The molecule has 0 unspecified atom stereocenters. The molecule has 1 aliphatic heterocycles. The highest BCUT2D eigenvalue weighted by Gasteiger charge is 2.36. The Hall–Kier alpha value is -4.22. The Kier molecular flexibility index (Phi) is 4.43. The van der Waals surface area contributed by atoms with E-state index in [2.05, 4.69) is 20.4 Å². The molecule has 162 valence electrons. The van der Waals surface area contributed by atoms with Crippen LogP contribution in [-0.4, -0.2) is 32.3 Å². The van der Waals surface area contributed by atoms with Crippen LogP contribution in [0.2, 0.25) is 0 Å². The number of ether oxygens (including phenoxy) is 2. The zero-order chi connectivity index (χ0) is 22.5. The molecule has 8 nitrogen and oxygen atoms in total. The number of nitrogens with zero attached hydrogens (tertiary/aromatic N) is 4. The zero-order valence-electron chi connectivity index (χ0n) is 15.9. The van der Waals surface area contributed by atoms with E-state index < -0.39 is 35.2 Å². The lowest BCUT2D eigenvalue weighted by molar-refractivity contribution is -0.142. The predicted molar refractivity (Wildman–Crippen MR) is 102 cm³/mol. The van der Waals surface area contributed by atoms with Crippen LogP contribution in [0.3, 0.4) is 0 Å². The zero-order valence-corrected chi connectivity index (χ0v) is 15.9. The normalized spacial score (nSPS) is 12.9. The molecule has 0 atom stereocenters. The van der Waals surface area contributed by atoms with Gasteiger partial charge in [-0.1, -0.05) is 0 Å². The van der Waals surface area contributed by atoms with Gasteiger partial charge in [0.2, 0.25) is 12.6 Å². The fourth-order valence-corrected chi connectivity index (χ4v) is 3.10. The fraction of sp³-hybridized carbons (Fsp3) is 0.100. The summed E-state index contributed by atoms with van der Waals surface area (Å²) >= 11 is 0. The average Bonchev–Trinajstić information content (AvgIpc) is 3.39. The monoisotopic (exact) mass is 445 g/mol. The van der Waals surface area contributed by atoms with Gasteiger partial charge in [-0.2, -0.15) is 22.7 Å². The molecule has 1 N–H and O–H groups in total. The fourth-order valence-electron chi connectivity index (χ4n) is 3.10. The highest BCUT2D eigenvalue weighted by Crippen LogP contribution is 2.34. The van der Waals surface area contributed by atoms with E-state index in [1.807, 2.05) is 0 Å². The number of carbonyl (C=O) groups excluding carboxylic acids is 1. The van der Waals surface area contributed by atoms with Crippen LogP contribution in [0.1, 0.15) is 16.3 Å². The first-order valence-corrected chi connectivity index (χ1v) is 9.10. The number of anilines is 1. The van der Waals surface area contributed by atoms with E-state index in [1.54, 1.807) is 6.07 Å². The van der Waals surface area contributed by atoms with Gasteiger partial charge in [0, 0.05) is 17.3 Å². The standard InChI is InChI=1S/C20H11F4N5O3/c21-11-3-1-10(2-4-11)13-8-16(20(22,23)24)29-19(26-13)27-17(28-29)18(30)25-12-5-6-14-15(7-12)32-9-31-14/h1-8H,9H2,(H,25,30). The molecule has 2 aromatic carbocycles. The Morgan fingerprint density at radius 1 is 1.00 bits per heavy atom. The van der Waals surface area contributed by atoms with Crippen molar-refractivity contribution in [1.82, 2.24) is 19.6 Å². The largest absolute Gasteiger partial charge is 0.454 e. The number of benzene rings is 2. The van der Waals surface area contributed by atoms with E-state index in [1.165, 1.54) is 24.3 Å². The minimum atomic E-state index is -4.81. The molecule has 0 fully saturated rings. The van der Waals surface area contributed by atoms with E-state index in [0.29, 0.717) is 21.7 Å². The Morgan fingerprint density at radius 2 is 1.75 bits per heavy atom. The molecule has 0 saturated carbocycles. The van der Waals surface area contributed by atoms with Crippen molar-refractivity contribution in [3.05, 3.63) is 65.9 Å². The van der Waals surface area contributed by atoms with Crippen LogP contribution < -0.4 is 14.8 Å². The summed E-state index contributed by atoms with van der Waals surface area (Å²) in [5.41, 5.74) is -0.723. The van der Waals surface area contributed by atoms with Gasteiger partial charge in [0.1, 0.15) is 5.82 Å². The molecular weight excluding hydrogens is 434 g/mol. The van der Waals surface area contributed by atoms with Gasteiger partial charge in [-0.25, -0.2) is 9.37 Å². The SMILES string of the molecule is O=C(Nc1ccc2c(c1)OCO2)c1nc2nc(-c3ccc(F)cc3)cc(C(F)(F)F)n2n1. The van der Waals surface area contributed by atoms with E-state index in [4.69, 9.17) is 9.47 Å². The minimum Gasteiger partial charge on any atom is -0.454 e. The second-order valence-corrected chi connectivity index (χ2v) is 6.70. The number of hydrogen-bond donors (Lipinski definition) is 1. The minimum absolute atomic E-state index is 0.0446. The number of hydrogen-bond acceptors (Lipinski definition) is 6. The first kappa shape index (κ1) is 19.7. The summed E-state index contributed by atoms with van der Waals surface area (Å²) in [7, 11) is 0. The van der Waals surface area contributed by atoms with Crippen LogP contribution in [0.4, 0.5) is 23.2 Å². The van der Waals surface area contributed by atoms with Gasteiger partial charge in [0.25, 0.3) is 11.7 Å². The Bertz CT molecular complexity index is 1350. The number of rotatable bonds is 3. The summed E-state index contributed by atoms with van der Waals surface area (Å²) in [4.78, 5) is 20.5. The molecule has 32 heavy (non-hydrogen) atoms. The van der Waals surface area contributed by atoms with Crippen molar-refractivity contribution in [1.29, 1.82) is 0 Å². The summed E-state index contributed by atoms with van der Waals surface area (Å²) < 4.78 is 65.0. The van der Waals surface area contributed by atoms with Gasteiger partial charge in [-0.15, -0.1) is 5.10 Å². The summed E-state index contributed by atoms with van der Waals surface area (Å²) in [6.07, 6.45) is -4.81. The Morgan fingerprint density at radius 3 is 2.50 bits per heavy atom. The number of alkyl halides is 3. The second-order valence-electron chi connectivity index (χ2n) is 6.70. The van der Waals surface area contributed by atoms with E-state index in [0.717, 1.165) is 18.2 Å². The topological polar surface area (TPSA) is 90.6 Å². The van der Waals surface area contributed by atoms with Crippen molar-refractivity contribution in [2.45, 2.75) is 6.18 Å². The smallest absolute Gasteiger partial charge is 0.433 e. The number of amides is 1. The third-order valence-corrected chi connectivity index (χ3v) is 4.58. The molecular formula is C20H11F4N5O3. The van der Waals surface area contributed by atoms with Crippen LogP contribution in [0, 0.1) is 5.82 Å². The quantitative estimate of drug-likeness (QED) is 0.481. The maximum absolute atomic E-state index is 13.7. The first-order valence-electron chi connectivity index (χ1n) is 9.10. The van der Waals surface area contributed by atoms with Crippen molar-refractivity contribution in [3.63, 3.8) is 0 Å². The van der Waals surface area contributed by atoms with Gasteiger partial charge < -0.3 is 14.8 Å². The number of nitrogens with one attached hydrogen (secondary N) is 1. The molecule has 0 saturated heterocycles. The van der Waals surface area contributed by atoms with E-state index in [-0.39, 0.29) is 18.1 Å². The van der Waals surface area contributed by atoms with Crippen molar-refractivity contribution in [2.75, 3.05) is 12.1 Å². The molecule has 5 rings (SSSR count). The first-order chi connectivity index (χ1) is 15.3. The summed E-state index contributed by atoms with van der Waals surface area (Å²) in [5.74, 6) is -1.43. The molecule has 4 aromatic rings. The lowest BCUT2D eigenvalue weighted by atomic mass is 10.1. The van der Waals surface area contributed by atoms with Gasteiger partial charge in [0.15, 0.2) is 17.2 Å². The van der Waals surface area contributed by atoms with Crippen LogP contribution in [-0.2, 0) is 6.18 Å². The van der Waals surface area contributed by atoms with E-state index in [9.17, 15) is 22.4 Å². The average molecular weight is 445 g/mol. The Balaban J connectivity index is 1.53. The van der Waals surface area contributed by atoms with Crippen LogP contribution in [0.5, 0.6) is 11.5 Å². The predicted octanol–water partition coefficient (Wildman–Crippen LogP) is 3.93. The highest BCUT2D eigenvalue weighted by molar-refractivity contribution is 6.02. The van der Waals surface area contributed by atoms with Crippen LogP contribution >= 0.6 is 0 Å². The van der Waals surface area contributed by atoms with Crippen molar-refractivity contribution in [2.24, 2.45) is 0 Å². The van der Waals surface area contributed by atoms with Crippen molar-refractivity contribution < 1.29 is 31.8 Å². The molecule has 1 amide bonds. The van der Waals surface area contributed by atoms with Gasteiger partial charge in [0.05, 0.1) is 5.69 Å².